The van der Waals surface area contributed by atoms with Crippen molar-refractivity contribution in [1.29, 1.82) is 5.26 Å². The lowest BCUT2D eigenvalue weighted by molar-refractivity contribution is 0.414. The number of ether oxygens (including phenoxy) is 1. The van der Waals surface area contributed by atoms with E-state index in [1.807, 2.05) is 47.2 Å². The van der Waals surface area contributed by atoms with Gasteiger partial charge in [0.2, 0.25) is 0 Å². The highest BCUT2D eigenvalue weighted by molar-refractivity contribution is 5.29. The summed E-state index contributed by atoms with van der Waals surface area (Å²) in [7, 11) is 1.65. The van der Waals surface area contributed by atoms with E-state index in [9.17, 15) is 0 Å². The van der Waals surface area contributed by atoms with Gasteiger partial charge in [-0.1, -0.05) is 12.1 Å². The molecule has 3 nitrogen and oxygen atoms in total. The molecule has 1 aromatic carbocycles. The van der Waals surface area contributed by atoms with Crippen LogP contribution in [0.3, 0.4) is 0 Å². The van der Waals surface area contributed by atoms with Gasteiger partial charge in [-0.25, -0.2) is 0 Å². The number of hydrogen-bond donors (Lipinski definition) is 0. The van der Waals surface area contributed by atoms with Gasteiger partial charge in [0, 0.05) is 12.7 Å². The molecule has 0 bridgehead atoms. The van der Waals surface area contributed by atoms with Crippen LogP contribution in [0.2, 0.25) is 0 Å². The second kappa shape index (κ2) is 4.54. The first-order chi connectivity index (χ1) is 7.83. The third-order valence-electron chi connectivity index (χ3n) is 2.46. The molecular formula is C13H12N2O. The number of nitrogens with zero attached hydrogens (tertiary/aromatic N) is 2. The number of nitriles is 1. The summed E-state index contributed by atoms with van der Waals surface area (Å²) in [6, 6.07) is 13.7. The molecule has 0 aliphatic heterocycles. The minimum atomic E-state index is 0.677. The Hall–Kier alpha value is -2.21. The molecule has 2 rings (SSSR count). The monoisotopic (exact) mass is 212 g/mol. The van der Waals surface area contributed by atoms with Crippen LogP contribution in [0.25, 0.3) is 0 Å². The minimum Gasteiger partial charge on any atom is -0.497 e. The molecule has 0 N–H and O–H groups in total. The van der Waals surface area contributed by atoms with Gasteiger partial charge in [-0.15, -0.1) is 0 Å². The molecule has 16 heavy (non-hydrogen) atoms. The first-order valence-corrected chi connectivity index (χ1v) is 5.01. The summed E-state index contributed by atoms with van der Waals surface area (Å²) in [4.78, 5) is 0. The quantitative estimate of drug-likeness (QED) is 0.783. The molecule has 3 heteroatoms. The van der Waals surface area contributed by atoms with Crippen molar-refractivity contribution in [3.05, 3.63) is 53.9 Å². The average molecular weight is 212 g/mol. The summed E-state index contributed by atoms with van der Waals surface area (Å²) in [6.45, 7) is 0.708. The molecule has 0 atom stereocenters. The molecule has 2 aromatic rings. The maximum atomic E-state index is 8.88. The second-order valence-corrected chi connectivity index (χ2v) is 3.48. The van der Waals surface area contributed by atoms with Gasteiger partial charge in [-0.05, 0) is 29.8 Å². The van der Waals surface area contributed by atoms with Crippen molar-refractivity contribution < 1.29 is 4.74 Å². The van der Waals surface area contributed by atoms with E-state index in [1.165, 1.54) is 0 Å². The van der Waals surface area contributed by atoms with Crippen LogP contribution in [0, 0.1) is 11.3 Å². The Morgan fingerprint density at radius 3 is 2.62 bits per heavy atom. The van der Waals surface area contributed by atoms with Crippen LogP contribution in [0.5, 0.6) is 5.75 Å². The molecule has 0 saturated heterocycles. The predicted octanol–water partition coefficient (Wildman–Crippen LogP) is 2.42. The first kappa shape index (κ1) is 10.3. The Morgan fingerprint density at radius 2 is 2.00 bits per heavy atom. The molecule has 0 spiro atoms. The second-order valence-electron chi connectivity index (χ2n) is 3.48. The van der Waals surface area contributed by atoms with Gasteiger partial charge in [0.25, 0.3) is 0 Å². The molecule has 0 unspecified atom stereocenters. The van der Waals surface area contributed by atoms with Crippen LogP contribution < -0.4 is 4.74 Å². The predicted molar refractivity (Wildman–Crippen MR) is 61.2 cm³/mol. The van der Waals surface area contributed by atoms with E-state index in [0.717, 1.165) is 11.3 Å². The fraction of sp³-hybridized carbons (Fsp3) is 0.154. The normalized spacial score (nSPS) is 9.75. The van der Waals surface area contributed by atoms with Gasteiger partial charge < -0.3 is 9.30 Å². The van der Waals surface area contributed by atoms with Gasteiger partial charge >= 0.3 is 0 Å². The topological polar surface area (TPSA) is 38.0 Å². The fourth-order valence-electron chi connectivity index (χ4n) is 1.58. The van der Waals surface area contributed by atoms with E-state index in [2.05, 4.69) is 6.07 Å². The van der Waals surface area contributed by atoms with Gasteiger partial charge in [0.1, 0.15) is 17.5 Å². The fourth-order valence-corrected chi connectivity index (χ4v) is 1.58. The Morgan fingerprint density at radius 1 is 1.25 bits per heavy atom. The van der Waals surface area contributed by atoms with E-state index in [-0.39, 0.29) is 0 Å². The molecule has 0 fully saturated rings. The summed E-state index contributed by atoms with van der Waals surface area (Å²) in [6.07, 6.45) is 1.91. The number of hydrogen-bond acceptors (Lipinski definition) is 2. The van der Waals surface area contributed by atoms with Crippen molar-refractivity contribution in [2.45, 2.75) is 6.54 Å². The zero-order valence-electron chi connectivity index (χ0n) is 9.05. The molecular weight excluding hydrogens is 200 g/mol. The highest BCUT2D eigenvalue weighted by Gasteiger charge is 2.00. The smallest absolute Gasteiger partial charge is 0.120 e. The summed E-state index contributed by atoms with van der Waals surface area (Å²) in [5.41, 5.74) is 1.82. The zero-order valence-corrected chi connectivity index (χ0v) is 9.05. The Bertz CT molecular complexity index is 505. The van der Waals surface area contributed by atoms with E-state index in [1.54, 1.807) is 7.11 Å². The molecule has 0 aliphatic carbocycles. The maximum Gasteiger partial charge on any atom is 0.120 e. The van der Waals surface area contributed by atoms with Crippen molar-refractivity contribution in [2.24, 2.45) is 0 Å². The molecule has 1 heterocycles. The standard InChI is InChI=1S/C13H12N2O/c1-16-13-6-4-11(5-7-13)10-15-8-2-3-12(15)9-14/h2-8H,10H2,1H3. The molecule has 0 radical (unpaired) electrons. The Kier molecular flexibility index (Phi) is 2.93. The summed E-state index contributed by atoms with van der Waals surface area (Å²) in [5, 5.41) is 8.88. The van der Waals surface area contributed by atoms with Crippen molar-refractivity contribution in [3.8, 4) is 11.8 Å². The third kappa shape index (κ3) is 2.06. The Labute approximate surface area is 94.5 Å². The van der Waals surface area contributed by atoms with Crippen molar-refractivity contribution >= 4 is 0 Å². The number of aromatic nitrogens is 1. The summed E-state index contributed by atoms with van der Waals surface area (Å²) >= 11 is 0. The summed E-state index contributed by atoms with van der Waals surface area (Å²) < 4.78 is 7.01. The molecule has 0 saturated carbocycles. The van der Waals surface area contributed by atoms with Crippen LogP contribution in [0.1, 0.15) is 11.3 Å². The van der Waals surface area contributed by atoms with Crippen molar-refractivity contribution in [1.82, 2.24) is 4.57 Å². The van der Waals surface area contributed by atoms with E-state index >= 15 is 0 Å². The molecule has 0 aliphatic rings. The van der Waals surface area contributed by atoms with E-state index < -0.39 is 0 Å². The highest BCUT2D eigenvalue weighted by Crippen LogP contribution is 2.13. The summed E-state index contributed by atoms with van der Waals surface area (Å²) in [5.74, 6) is 0.844. The largest absolute Gasteiger partial charge is 0.497 e. The highest BCUT2D eigenvalue weighted by atomic mass is 16.5. The van der Waals surface area contributed by atoms with Crippen molar-refractivity contribution in [3.63, 3.8) is 0 Å². The van der Waals surface area contributed by atoms with E-state index in [0.29, 0.717) is 12.2 Å². The SMILES string of the molecule is COc1ccc(Cn2cccc2C#N)cc1. The molecule has 80 valence electrons. The third-order valence-corrected chi connectivity index (χ3v) is 2.46. The lowest BCUT2D eigenvalue weighted by Gasteiger charge is -2.06. The Balaban J connectivity index is 2.18. The number of benzene rings is 1. The lowest BCUT2D eigenvalue weighted by Crippen LogP contribution is -2.00. The number of rotatable bonds is 3. The van der Waals surface area contributed by atoms with Crippen LogP contribution in [0.15, 0.2) is 42.6 Å². The molecule has 0 amide bonds. The van der Waals surface area contributed by atoms with E-state index in [4.69, 9.17) is 10.00 Å². The first-order valence-electron chi connectivity index (χ1n) is 5.01. The average Bonchev–Trinajstić information content (AvgIpc) is 2.77. The van der Waals surface area contributed by atoms with Crippen LogP contribution >= 0.6 is 0 Å². The van der Waals surface area contributed by atoms with Gasteiger partial charge in [0.15, 0.2) is 0 Å². The maximum absolute atomic E-state index is 8.88. The lowest BCUT2D eigenvalue weighted by atomic mass is 10.2. The van der Waals surface area contributed by atoms with Gasteiger partial charge in [0.05, 0.1) is 7.11 Å². The zero-order chi connectivity index (χ0) is 11.4. The van der Waals surface area contributed by atoms with Crippen molar-refractivity contribution in [2.75, 3.05) is 7.11 Å². The van der Waals surface area contributed by atoms with Gasteiger partial charge in [-0.2, -0.15) is 5.26 Å². The van der Waals surface area contributed by atoms with Crippen LogP contribution in [0.4, 0.5) is 0 Å². The minimum absolute atomic E-state index is 0.677. The van der Waals surface area contributed by atoms with Crippen LogP contribution in [-0.2, 0) is 6.54 Å². The van der Waals surface area contributed by atoms with Crippen LogP contribution in [-0.4, -0.2) is 11.7 Å². The van der Waals surface area contributed by atoms with Gasteiger partial charge in [-0.3, -0.25) is 0 Å². The molecule has 1 aromatic heterocycles. The number of methoxy groups -OCH3 is 1.